The van der Waals surface area contributed by atoms with E-state index in [0.717, 1.165) is 12.2 Å². The molecule has 0 saturated heterocycles. The summed E-state index contributed by atoms with van der Waals surface area (Å²) in [4.78, 5) is 0. The molecule has 0 aromatic heterocycles. The SMILES string of the molecule is N[C@H]1CCC[C@H]1Cc1ccc(OCc2ccccc2)cc1. The fourth-order valence-electron chi connectivity index (χ4n) is 3.08. The molecular formula is C19H23NO. The molecule has 0 heterocycles. The third-order valence-electron chi connectivity index (χ3n) is 4.39. The summed E-state index contributed by atoms with van der Waals surface area (Å²) in [6, 6.07) is 19.1. The molecule has 2 aromatic carbocycles. The van der Waals surface area contributed by atoms with Gasteiger partial charge >= 0.3 is 0 Å². The van der Waals surface area contributed by atoms with Gasteiger partial charge in [0.2, 0.25) is 0 Å². The molecule has 0 amide bonds. The molecule has 2 atom stereocenters. The molecule has 2 aromatic rings. The molecule has 1 aliphatic rings. The Bertz CT molecular complexity index is 550. The van der Waals surface area contributed by atoms with Gasteiger partial charge < -0.3 is 10.5 Å². The topological polar surface area (TPSA) is 35.2 Å². The van der Waals surface area contributed by atoms with Crippen LogP contribution in [0, 0.1) is 5.92 Å². The molecule has 1 saturated carbocycles. The zero-order chi connectivity index (χ0) is 14.5. The first-order valence-corrected chi connectivity index (χ1v) is 7.82. The molecule has 2 heteroatoms. The Hall–Kier alpha value is -1.80. The third kappa shape index (κ3) is 3.85. The van der Waals surface area contributed by atoms with Crippen molar-refractivity contribution >= 4 is 0 Å². The summed E-state index contributed by atoms with van der Waals surface area (Å²) in [6.07, 6.45) is 4.83. The number of hydrogen-bond acceptors (Lipinski definition) is 2. The standard InChI is InChI=1S/C19H23NO/c20-19-8-4-7-17(19)13-15-9-11-18(12-10-15)21-14-16-5-2-1-3-6-16/h1-3,5-6,9-12,17,19H,4,7-8,13-14,20H2/t17-,19-/m0/s1. The van der Waals surface area contributed by atoms with Crippen molar-refractivity contribution in [3.05, 3.63) is 65.7 Å². The van der Waals surface area contributed by atoms with Crippen LogP contribution in [0.15, 0.2) is 54.6 Å². The van der Waals surface area contributed by atoms with Crippen molar-refractivity contribution in [2.45, 2.75) is 38.3 Å². The predicted octanol–water partition coefficient (Wildman–Crippen LogP) is 3.94. The molecule has 0 unspecified atom stereocenters. The van der Waals surface area contributed by atoms with Gasteiger partial charge in [-0.2, -0.15) is 0 Å². The van der Waals surface area contributed by atoms with Gasteiger partial charge in [-0.05, 0) is 48.4 Å². The van der Waals surface area contributed by atoms with Crippen LogP contribution in [-0.4, -0.2) is 6.04 Å². The molecule has 1 fully saturated rings. The van der Waals surface area contributed by atoms with Crippen molar-refractivity contribution in [1.82, 2.24) is 0 Å². The lowest BCUT2D eigenvalue weighted by Gasteiger charge is -2.15. The summed E-state index contributed by atoms with van der Waals surface area (Å²) in [6.45, 7) is 0.619. The first kappa shape index (κ1) is 14.2. The Labute approximate surface area is 126 Å². The van der Waals surface area contributed by atoms with Crippen LogP contribution < -0.4 is 10.5 Å². The number of benzene rings is 2. The Morgan fingerprint density at radius 2 is 1.67 bits per heavy atom. The molecule has 21 heavy (non-hydrogen) atoms. The molecule has 2 nitrogen and oxygen atoms in total. The fourth-order valence-corrected chi connectivity index (χ4v) is 3.08. The van der Waals surface area contributed by atoms with Gasteiger partial charge in [0.05, 0.1) is 0 Å². The first-order chi connectivity index (χ1) is 10.3. The van der Waals surface area contributed by atoms with Crippen molar-refractivity contribution in [2.24, 2.45) is 11.7 Å². The number of rotatable bonds is 5. The summed E-state index contributed by atoms with van der Waals surface area (Å²) in [7, 11) is 0. The van der Waals surface area contributed by atoms with Gasteiger partial charge in [-0.15, -0.1) is 0 Å². The van der Waals surface area contributed by atoms with Gasteiger partial charge in [-0.25, -0.2) is 0 Å². The van der Waals surface area contributed by atoms with Gasteiger partial charge in [0.1, 0.15) is 12.4 Å². The van der Waals surface area contributed by atoms with E-state index in [-0.39, 0.29) is 0 Å². The Balaban J connectivity index is 1.54. The zero-order valence-corrected chi connectivity index (χ0v) is 12.4. The maximum absolute atomic E-state index is 6.14. The lowest BCUT2D eigenvalue weighted by Crippen LogP contribution is -2.25. The van der Waals surface area contributed by atoms with Crippen LogP contribution in [0.25, 0.3) is 0 Å². The third-order valence-corrected chi connectivity index (χ3v) is 4.39. The second kappa shape index (κ2) is 6.77. The van der Waals surface area contributed by atoms with Crippen molar-refractivity contribution < 1.29 is 4.74 Å². The van der Waals surface area contributed by atoms with Gasteiger partial charge in [-0.1, -0.05) is 48.9 Å². The quantitative estimate of drug-likeness (QED) is 0.901. The molecule has 0 spiro atoms. The summed E-state index contributed by atoms with van der Waals surface area (Å²) in [5.74, 6) is 1.58. The molecule has 1 aliphatic carbocycles. The van der Waals surface area contributed by atoms with E-state index in [1.165, 1.54) is 30.4 Å². The van der Waals surface area contributed by atoms with Crippen LogP contribution in [0.4, 0.5) is 0 Å². The van der Waals surface area contributed by atoms with Gasteiger partial charge in [0, 0.05) is 6.04 Å². The highest BCUT2D eigenvalue weighted by Crippen LogP contribution is 2.27. The van der Waals surface area contributed by atoms with Crippen LogP contribution >= 0.6 is 0 Å². The van der Waals surface area contributed by atoms with E-state index in [4.69, 9.17) is 10.5 Å². The Morgan fingerprint density at radius 1 is 0.905 bits per heavy atom. The number of ether oxygens (including phenoxy) is 1. The summed E-state index contributed by atoms with van der Waals surface area (Å²) in [5.41, 5.74) is 8.70. The van der Waals surface area contributed by atoms with E-state index in [2.05, 4.69) is 36.4 Å². The van der Waals surface area contributed by atoms with Gasteiger partial charge in [-0.3, -0.25) is 0 Å². The number of nitrogens with two attached hydrogens (primary N) is 1. The lowest BCUT2D eigenvalue weighted by atomic mass is 9.95. The smallest absolute Gasteiger partial charge is 0.119 e. The van der Waals surface area contributed by atoms with Crippen LogP contribution in [-0.2, 0) is 13.0 Å². The van der Waals surface area contributed by atoms with Crippen molar-refractivity contribution in [1.29, 1.82) is 0 Å². The minimum atomic E-state index is 0.388. The van der Waals surface area contributed by atoms with Crippen molar-refractivity contribution in [3.8, 4) is 5.75 Å². The van der Waals surface area contributed by atoms with E-state index in [1.54, 1.807) is 0 Å². The molecule has 3 rings (SSSR count). The molecular weight excluding hydrogens is 258 g/mol. The highest BCUT2D eigenvalue weighted by atomic mass is 16.5. The second-order valence-electron chi connectivity index (χ2n) is 5.98. The fraction of sp³-hybridized carbons (Fsp3) is 0.368. The Morgan fingerprint density at radius 3 is 2.33 bits per heavy atom. The minimum absolute atomic E-state index is 0.388. The summed E-state index contributed by atoms with van der Waals surface area (Å²) < 4.78 is 5.81. The van der Waals surface area contributed by atoms with E-state index < -0.39 is 0 Å². The predicted molar refractivity (Wildman–Crippen MR) is 86.2 cm³/mol. The van der Waals surface area contributed by atoms with Crippen molar-refractivity contribution in [2.75, 3.05) is 0 Å². The minimum Gasteiger partial charge on any atom is -0.489 e. The zero-order valence-electron chi connectivity index (χ0n) is 12.4. The molecule has 110 valence electrons. The number of hydrogen-bond donors (Lipinski definition) is 1. The van der Waals surface area contributed by atoms with E-state index in [0.29, 0.717) is 18.6 Å². The maximum Gasteiger partial charge on any atom is 0.119 e. The van der Waals surface area contributed by atoms with Crippen LogP contribution in [0.1, 0.15) is 30.4 Å². The molecule has 0 aliphatic heterocycles. The monoisotopic (exact) mass is 281 g/mol. The Kier molecular flexibility index (Phi) is 4.56. The average Bonchev–Trinajstić information content (AvgIpc) is 2.93. The highest BCUT2D eigenvalue weighted by molar-refractivity contribution is 5.28. The van der Waals surface area contributed by atoms with E-state index in [9.17, 15) is 0 Å². The summed E-state index contributed by atoms with van der Waals surface area (Å²) in [5, 5.41) is 0. The normalized spacial score (nSPS) is 21.4. The molecule has 2 N–H and O–H groups in total. The highest BCUT2D eigenvalue weighted by Gasteiger charge is 2.23. The van der Waals surface area contributed by atoms with E-state index in [1.807, 2.05) is 18.2 Å². The van der Waals surface area contributed by atoms with Gasteiger partial charge in [0.15, 0.2) is 0 Å². The second-order valence-corrected chi connectivity index (χ2v) is 5.98. The van der Waals surface area contributed by atoms with Crippen molar-refractivity contribution in [3.63, 3.8) is 0 Å². The van der Waals surface area contributed by atoms with Gasteiger partial charge in [0.25, 0.3) is 0 Å². The molecule has 0 bridgehead atoms. The summed E-state index contributed by atoms with van der Waals surface area (Å²) >= 11 is 0. The van der Waals surface area contributed by atoms with Crippen LogP contribution in [0.5, 0.6) is 5.75 Å². The average molecular weight is 281 g/mol. The first-order valence-electron chi connectivity index (χ1n) is 7.82. The van der Waals surface area contributed by atoms with Crippen LogP contribution in [0.3, 0.4) is 0 Å². The van der Waals surface area contributed by atoms with Crippen LogP contribution in [0.2, 0.25) is 0 Å². The maximum atomic E-state index is 6.14. The lowest BCUT2D eigenvalue weighted by molar-refractivity contribution is 0.306. The molecule has 0 radical (unpaired) electrons. The largest absolute Gasteiger partial charge is 0.489 e. The van der Waals surface area contributed by atoms with E-state index >= 15 is 0 Å².